The molecule has 0 radical (unpaired) electrons. The molecule has 1 aliphatic heterocycles. The zero-order valence-electron chi connectivity index (χ0n) is 20.5. The molecule has 1 fully saturated rings. The second-order valence-electron chi connectivity index (χ2n) is 8.09. The minimum absolute atomic E-state index is 0.0321. The lowest BCUT2D eigenvalue weighted by Crippen LogP contribution is -2.29. The third kappa shape index (κ3) is 4.45. The molecule has 0 spiro atoms. The second kappa shape index (κ2) is 10.4. The van der Waals surface area contributed by atoms with E-state index in [-0.39, 0.29) is 17.9 Å². The molecule has 3 aromatic carbocycles. The molecule has 0 bridgehead atoms. The zero-order valence-corrected chi connectivity index (χ0v) is 20.5. The van der Waals surface area contributed by atoms with Crippen molar-refractivity contribution in [1.29, 1.82) is 0 Å². The van der Waals surface area contributed by atoms with Gasteiger partial charge in [-0.3, -0.25) is 9.59 Å². The third-order valence-electron chi connectivity index (χ3n) is 6.14. The summed E-state index contributed by atoms with van der Waals surface area (Å²) in [6.07, 6.45) is 0. The average molecular weight is 490 g/mol. The molecule has 0 aromatic heterocycles. The van der Waals surface area contributed by atoms with Crippen molar-refractivity contribution < 1.29 is 33.6 Å². The number of carbonyl (C=O) groups excluding carboxylic acids is 2. The first kappa shape index (κ1) is 24.7. The number of rotatable bonds is 8. The summed E-state index contributed by atoms with van der Waals surface area (Å²) < 4.78 is 21.5. The van der Waals surface area contributed by atoms with Crippen molar-refractivity contribution in [3.63, 3.8) is 0 Å². The van der Waals surface area contributed by atoms with Crippen molar-refractivity contribution >= 4 is 17.4 Å². The van der Waals surface area contributed by atoms with Gasteiger partial charge in [-0.15, -0.1) is 0 Å². The Balaban J connectivity index is 1.91. The summed E-state index contributed by atoms with van der Waals surface area (Å²) in [4.78, 5) is 28.1. The van der Waals surface area contributed by atoms with Crippen LogP contribution in [0, 0.1) is 0 Å². The molecule has 1 unspecified atom stereocenters. The molecular formula is C28H27NO7. The van der Waals surface area contributed by atoms with Crippen molar-refractivity contribution in [2.24, 2.45) is 0 Å². The van der Waals surface area contributed by atoms with Crippen molar-refractivity contribution in [3.05, 3.63) is 89.0 Å². The van der Waals surface area contributed by atoms with E-state index in [4.69, 9.17) is 18.9 Å². The highest BCUT2D eigenvalue weighted by Crippen LogP contribution is 2.43. The summed E-state index contributed by atoms with van der Waals surface area (Å²) in [6.45, 7) is 0.0858. The number of ketones is 1. The number of carbonyl (C=O) groups is 2. The Kier molecular flexibility index (Phi) is 7.15. The van der Waals surface area contributed by atoms with Crippen molar-refractivity contribution in [3.8, 4) is 23.0 Å². The van der Waals surface area contributed by atoms with Gasteiger partial charge in [-0.2, -0.15) is 0 Å². The van der Waals surface area contributed by atoms with Gasteiger partial charge < -0.3 is 29.0 Å². The van der Waals surface area contributed by atoms with Crippen LogP contribution in [0.3, 0.4) is 0 Å². The molecule has 36 heavy (non-hydrogen) atoms. The topological polar surface area (TPSA) is 94.5 Å². The van der Waals surface area contributed by atoms with Crippen LogP contribution in [0.5, 0.6) is 23.0 Å². The molecule has 1 aliphatic rings. The summed E-state index contributed by atoms with van der Waals surface area (Å²) >= 11 is 0. The Hall–Kier alpha value is -4.46. The van der Waals surface area contributed by atoms with Gasteiger partial charge in [0.25, 0.3) is 11.7 Å². The maximum Gasteiger partial charge on any atom is 0.295 e. The highest BCUT2D eigenvalue weighted by molar-refractivity contribution is 6.46. The standard InChI is InChI=1S/C28H27NO7/c1-33-20-10-7-9-18(14-20)26(30)24-25(17-12-13-22(35-3)23(15-17)36-4)29(28(32)27(24)31)16-19-8-5-6-11-21(19)34-2/h5-15,25,30H,16H2,1-4H3/b26-24-. The minimum atomic E-state index is -0.888. The van der Waals surface area contributed by atoms with Gasteiger partial charge in [0.1, 0.15) is 17.3 Å². The number of para-hydroxylation sites is 1. The molecule has 1 N–H and O–H groups in total. The fraction of sp³-hybridized carbons (Fsp3) is 0.214. The van der Waals surface area contributed by atoms with E-state index >= 15 is 0 Å². The smallest absolute Gasteiger partial charge is 0.295 e. The molecule has 0 aliphatic carbocycles. The fourth-order valence-corrected chi connectivity index (χ4v) is 4.36. The third-order valence-corrected chi connectivity index (χ3v) is 6.14. The quantitative estimate of drug-likeness (QED) is 0.286. The summed E-state index contributed by atoms with van der Waals surface area (Å²) in [7, 11) is 6.08. The van der Waals surface area contributed by atoms with Gasteiger partial charge in [0.05, 0.1) is 46.6 Å². The van der Waals surface area contributed by atoms with E-state index in [9.17, 15) is 14.7 Å². The number of likely N-dealkylation sites (tertiary alicyclic amines) is 1. The Bertz CT molecular complexity index is 1330. The van der Waals surface area contributed by atoms with E-state index in [0.29, 0.717) is 39.7 Å². The summed E-state index contributed by atoms with van der Waals surface area (Å²) in [5, 5.41) is 11.3. The van der Waals surface area contributed by atoms with Crippen LogP contribution in [-0.2, 0) is 16.1 Å². The number of hydrogen-bond acceptors (Lipinski definition) is 7. The van der Waals surface area contributed by atoms with Crippen molar-refractivity contribution in [2.45, 2.75) is 12.6 Å². The van der Waals surface area contributed by atoms with E-state index in [1.165, 1.54) is 26.2 Å². The summed E-state index contributed by atoms with van der Waals surface area (Å²) in [6, 6.07) is 18.2. The molecule has 1 saturated heterocycles. The van der Waals surface area contributed by atoms with Crippen LogP contribution in [0.25, 0.3) is 5.76 Å². The van der Waals surface area contributed by atoms with Crippen LogP contribution in [0.1, 0.15) is 22.7 Å². The lowest BCUT2D eigenvalue weighted by atomic mass is 9.94. The first-order valence-electron chi connectivity index (χ1n) is 11.2. The molecule has 1 atom stereocenters. The molecule has 8 heteroatoms. The van der Waals surface area contributed by atoms with Gasteiger partial charge in [0, 0.05) is 11.1 Å². The Labute approximate surface area is 209 Å². The number of benzene rings is 3. The molecule has 186 valence electrons. The maximum absolute atomic E-state index is 13.4. The largest absolute Gasteiger partial charge is 0.507 e. The number of nitrogens with zero attached hydrogens (tertiary/aromatic N) is 1. The molecule has 1 amide bonds. The first-order valence-corrected chi connectivity index (χ1v) is 11.2. The van der Waals surface area contributed by atoms with E-state index in [0.717, 1.165) is 0 Å². The Morgan fingerprint density at radius 3 is 2.22 bits per heavy atom. The highest BCUT2D eigenvalue weighted by Gasteiger charge is 2.46. The van der Waals surface area contributed by atoms with Gasteiger partial charge in [-0.1, -0.05) is 36.4 Å². The van der Waals surface area contributed by atoms with Gasteiger partial charge >= 0.3 is 0 Å². The number of Topliss-reactive ketones (excluding diaryl/α,β-unsaturated/α-hetero) is 1. The SMILES string of the molecule is COc1cccc(/C(O)=C2/C(=O)C(=O)N(Cc3ccccc3OC)C2c2ccc(OC)c(OC)c2)c1. The van der Waals surface area contributed by atoms with Crippen LogP contribution in [-0.4, -0.2) is 50.1 Å². The van der Waals surface area contributed by atoms with E-state index in [1.54, 1.807) is 55.6 Å². The molecule has 8 nitrogen and oxygen atoms in total. The Morgan fingerprint density at radius 1 is 0.806 bits per heavy atom. The van der Waals surface area contributed by atoms with Crippen molar-refractivity contribution in [1.82, 2.24) is 4.90 Å². The number of amides is 1. The van der Waals surface area contributed by atoms with Gasteiger partial charge in [0.2, 0.25) is 0 Å². The second-order valence-corrected chi connectivity index (χ2v) is 8.09. The van der Waals surface area contributed by atoms with Crippen LogP contribution in [0.15, 0.2) is 72.3 Å². The lowest BCUT2D eigenvalue weighted by molar-refractivity contribution is -0.140. The monoisotopic (exact) mass is 489 g/mol. The van der Waals surface area contributed by atoms with Crippen LogP contribution >= 0.6 is 0 Å². The van der Waals surface area contributed by atoms with Gasteiger partial charge in [0.15, 0.2) is 11.5 Å². The fourth-order valence-electron chi connectivity index (χ4n) is 4.36. The molecular weight excluding hydrogens is 462 g/mol. The van der Waals surface area contributed by atoms with Crippen LogP contribution < -0.4 is 18.9 Å². The normalized spacial score (nSPS) is 16.7. The number of hydrogen-bond donors (Lipinski definition) is 1. The van der Waals surface area contributed by atoms with Gasteiger partial charge in [-0.25, -0.2) is 0 Å². The van der Waals surface area contributed by atoms with Gasteiger partial charge in [-0.05, 0) is 35.9 Å². The zero-order chi connectivity index (χ0) is 25.8. The highest BCUT2D eigenvalue weighted by atomic mass is 16.5. The molecule has 3 aromatic rings. The maximum atomic E-state index is 13.4. The Morgan fingerprint density at radius 2 is 1.53 bits per heavy atom. The molecule has 4 rings (SSSR count). The molecule has 1 heterocycles. The average Bonchev–Trinajstić information content (AvgIpc) is 3.17. The van der Waals surface area contributed by atoms with Crippen LogP contribution in [0.2, 0.25) is 0 Å². The first-order chi connectivity index (χ1) is 17.4. The van der Waals surface area contributed by atoms with E-state index in [2.05, 4.69) is 0 Å². The van der Waals surface area contributed by atoms with E-state index in [1.807, 2.05) is 18.2 Å². The number of aliphatic hydroxyl groups excluding tert-OH is 1. The molecule has 0 saturated carbocycles. The number of ether oxygens (including phenoxy) is 4. The van der Waals surface area contributed by atoms with E-state index < -0.39 is 17.7 Å². The van der Waals surface area contributed by atoms with Crippen LogP contribution in [0.4, 0.5) is 0 Å². The summed E-state index contributed by atoms with van der Waals surface area (Å²) in [5.74, 6) is 0.197. The minimum Gasteiger partial charge on any atom is -0.507 e. The summed E-state index contributed by atoms with van der Waals surface area (Å²) in [5.41, 5.74) is 1.62. The lowest BCUT2D eigenvalue weighted by Gasteiger charge is -2.26. The number of aliphatic hydroxyl groups is 1. The van der Waals surface area contributed by atoms with Crippen molar-refractivity contribution in [2.75, 3.05) is 28.4 Å². The number of methoxy groups -OCH3 is 4. The predicted octanol–water partition coefficient (Wildman–Crippen LogP) is 4.34. The predicted molar refractivity (Wildman–Crippen MR) is 133 cm³/mol.